The lowest BCUT2D eigenvalue weighted by atomic mass is 10.1. The molecule has 0 saturated carbocycles. The molecule has 0 aliphatic rings. The minimum Gasteiger partial charge on any atom is -0.493 e. The lowest BCUT2D eigenvalue weighted by Gasteiger charge is -2.08. The van der Waals surface area contributed by atoms with Crippen molar-refractivity contribution in [1.82, 2.24) is 0 Å². The lowest BCUT2D eigenvalue weighted by molar-refractivity contribution is 0.112. The number of halogens is 1. The summed E-state index contributed by atoms with van der Waals surface area (Å²) in [5.41, 5.74) is 1.65. The van der Waals surface area contributed by atoms with Crippen molar-refractivity contribution in [1.29, 1.82) is 0 Å². The summed E-state index contributed by atoms with van der Waals surface area (Å²) in [7, 11) is 0. The highest BCUT2D eigenvalue weighted by Gasteiger charge is 2.05. The first kappa shape index (κ1) is 10.3. The Bertz CT molecular complexity index is 321. The van der Waals surface area contributed by atoms with Crippen molar-refractivity contribution >= 4 is 22.2 Å². The molecule has 0 aliphatic carbocycles. The van der Waals surface area contributed by atoms with E-state index in [4.69, 9.17) is 4.74 Å². The zero-order chi connectivity index (χ0) is 9.84. The van der Waals surface area contributed by atoms with E-state index >= 15 is 0 Å². The fourth-order valence-electron chi connectivity index (χ4n) is 1.04. The topological polar surface area (TPSA) is 26.3 Å². The zero-order valence-electron chi connectivity index (χ0n) is 7.63. The molecule has 0 heterocycles. The second kappa shape index (κ2) is 4.42. The van der Waals surface area contributed by atoms with Crippen molar-refractivity contribution < 1.29 is 9.53 Å². The molecule has 1 rings (SSSR count). The number of aryl methyl sites for hydroxylation is 1. The highest BCUT2D eigenvalue weighted by atomic mass is 79.9. The van der Waals surface area contributed by atoms with Gasteiger partial charge in [-0.05, 0) is 31.5 Å². The van der Waals surface area contributed by atoms with Crippen LogP contribution in [0.2, 0.25) is 0 Å². The van der Waals surface area contributed by atoms with E-state index < -0.39 is 0 Å². The van der Waals surface area contributed by atoms with E-state index in [1.807, 2.05) is 19.9 Å². The van der Waals surface area contributed by atoms with Crippen molar-refractivity contribution in [2.45, 2.75) is 13.8 Å². The molecule has 0 N–H and O–H groups in total. The Kier molecular flexibility index (Phi) is 3.48. The van der Waals surface area contributed by atoms with Gasteiger partial charge in [0, 0.05) is 4.47 Å². The van der Waals surface area contributed by atoms with Crippen LogP contribution in [-0.2, 0) is 0 Å². The van der Waals surface area contributed by atoms with E-state index in [2.05, 4.69) is 15.9 Å². The molecule has 0 radical (unpaired) electrons. The van der Waals surface area contributed by atoms with Crippen molar-refractivity contribution in [2.24, 2.45) is 0 Å². The molecule has 0 unspecified atom stereocenters. The molecule has 0 atom stereocenters. The summed E-state index contributed by atoms with van der Waals surface area (Å²) in [5, 5.41) is 0. The lowest BCUT2D eigenvalue weighted by Crippen LogP contribution is -1.96. The Labute approximate surface area is 86.0 Å². The van der Waals surface area contributed by atoms with Gasteiger partial charge in [0.15, 0.2) is 6.29 Å². The number of benzene rings is 1. The number of carbonyl (C=O) groups is 1. The van der Waals surface area contributed by atoms with Gasteiger partial charge in [-0.25, -0.2) is 0 Å². The van der Waals surface area contributed by atoms with Crippen molar-refractivity contribution in [2.75, 3.05) is 6.61 Å². The average molecular weight is 243 g/mol. The maximum Gasteiger partial charge on any atom is 0.153 e. The molecule has 3 heteroatoms. The van der Waals surface area contributed by atoms with Crippen LogP contribution in [0.25, 0.3) is 0 Å². The van der Waals surface area contributed by atoms with E-state index in [-0.39, 0.29) is 0 Å². The van der Waals surface area contributed by atoms with Gasteiger partial charge in [-0.1, -0.05) is 15.9 Å². The summed E-state index contributed by atoms with van der Waals surface area (Å²) in [4.78, 5) is 10.7. The Balaban J connectivity index is 3.16. The van der Waals surface area contributed by atoms with Crippen molar-refractivity contribution in [3.05, 3.63) is 27.7 Å². The first-order valence-electron chi connectivity index (χ1n) is 4.07. The number of aldehydes is 1. The number of rotatable bonds is 3. The first-order chi connectivity index (χ1) is 6.19. The van der Waals surface area contributed by atoms with Gasteiger partial charge in [0.25, 0.3) is 0 Å². The SMILES string of the molecule is CCOc1cc(C)c(Br)cc1C=O. The van der Waals surface area contributed by atoms with Gasteiger partial charge < -0.3 is 4.74 Å². The van der Waals surface area contributed by atoms with Gasteiger partial charge in [-0.3, -0.25) is 4.79 Å². The third-order valence-corrected chi connectivity index (χ3v) is 2.57. The highest BCUT2D eigenvalue weighted by molar-refractivity contribution is 9.10. The quantitative estimate of drug-likeness (QED) is 0.763. The minimum absolute atomic E-state index is 0.571. The smallest absolute Gasteiger partial charge is 0.153 e. The summed E-state index contributed by atoms with van der Waals surface area (Å²) >= 11 is 3.36. The molecule has 0 bridgehead atoms. The standard InChI is InChI=1S/C10H11BrO2/c1-3-13-10-4-7(2)9(11)5-8(10)6-12/h4-6H,3H2,1-2H3. The van der Waals surface area contributed by atoms with Crippen LogP contribution in [0.1, 0.15) is 22.8 Å². The average Bonchev–Trinajstić information content (AvgIpc) is 2.11. The van der Waals surface area contributed by atoms with E-state index in [0.29, 0.717) is 17.9 Å². The van der Waals surface area contributed by atoms with Gasteiger partial charge in [0.05, 0.1) is 12.2 Å². The Hall–Kier alpha value is -0.830. The molecular weight excluding hydrogens is 232 g/mol. The fourth-order valence-corrected chi connectivity index (χ4v) is 1.40. The predicted octanol–water partition coefficient (Wildman–Crippen LogP) is 2.97. The normalized spacial score (nSPS) is 9.77. The monoisotopic (exact) mass is 242 g/mol. The van der Waals surface area contributed by atoms with E-state index in [1.54, 1.807) is 6.07 Å². The van der Waals surface area contributed by atoms with Crippen molar-refractivity contribution in [3.8, 4) is 5.75 Å². The number of hydrogen-bond acceptors (Lipinski definition) is 2. The summed E-state index contributed by atoms with van der Waals surface area (Å²) in [6.45, 7) is 4.43. The second-order valence-corrected chi connectivity index (χ2v) is 3.54. The molecule has 0 fully saturated rings. The van der Waals surface area contributed by atoms with Crippen LogP contribution in [0.4, 0.5) is 0 Å². The summed E-state index contributed by atoms with van der Waals surface area (Å²) in [5.74, 6) is 0.651. The molecule has 0 saturated heterocycles. The molecule has 0 spiro atoms. The van der Waals surface area contributed by atoms with Crippen LogP contribution >= 0.6 is 15.9 Å². The van der Waals surface area contributed by atoms with Crippen LogP contribution in [0.15, 0.2) is 16.6 Å². The maximum atomic E-state index is 10.7. The Morgan fingerprint density at radius 1 is 1.54 bits per heavy atom. The van der Waals surface area contributed by atoms with E-state index in [9.17, 15) is 4.79 Å². The van der Waals surface area contributed by atoms with Crippen LogP contribution in [0.3, 0.4) is 0 Å². The largest absolute Gasteiger partial charge is 0.493 e. The molecule has 1 aromatic carbocycles. The molecule has 2 nitrogen and oxygen atoms in total. The Morgan fingerprint density at radius 2 is 2.23 bits per heavy atom. The Morgan fingerprint density at radius 3 is 2.77 bits per heavy atom. The first-order valence-corrected chi connectivity index (χ1v) is 4.86. The number of ether oxygens (including phenoxy) is 1. The third-order valence-electron chi connectivity index (χ3n) is 1.72. The van der Waals surface area contributed by atoms with Gasteiger partial charge in [0.2, 0.25) is 0 Å². The van der Waals surface area contributed by atoms with Crippen LogP contribution in [0.5, 0.6) is 5.75 Å². The van der Waals surface area contributed by atoms with Crippen LogP contribution in [-0.4, -0.2) is 12.9 Å². The second-order valence-electron chi connectivity index (χ2n) is 2.69. The molecule has 1 aromatic rings. The van der Waals surface area contributed by atoms with Gasteiger partial charge in [0.1, 0.15) is 5.75 Å². The molecule has 70 valence electrons. The van der Waals surface area contributed by atoms with Crippen LogP contribution in [0, 0.1) is 6.92 Å². The van der Waals surface area contributed by atoms with Crippen LogP contribution < -0.4 is 4.74 Å². The van der Waals surface area contributed by atoms with E-state index in [1.165, 1.54) is 0 Å². The van der Waals surface area contributed by atoms with Gasteiger partial charge in [-0.15, -0.1) is 0 Å². The zero-order valence-corrected chi connectivity index (χ0v) is 9.22. The van der Waals surface area contributed by atoms with Gasteiger partial charge >= 0.3 is 0 Å². The number of hydrogen-bond donors (Lipinski definition) is 0. The summed E-state index contributed by atoms with van der Waals surface area (Å²) in [6.07, 6.45) is 0.801. The fraction of sp³-hybridized carbons (Fsp3) is 0.300. The summed E-state index contributed by atoms with van der Waals surface area (Å²) in [6, 6.07) is 3.63. The third kappa shape index (κ3) is 2.31. The minimum atomic E-state index is 0.571. The molecular formula is C10H11BrO2. The molecule has 0 amide bonds. The maximum absolute atomic E-state index is 10.7. The molecule has 13 heavy (non-hydrogen) atoms. The predicted molar refractivity (Wildman–Crippen MR) is 55.4 cm³/mol. The van der Waals surface area contributed by atoms with Crippen molar-refractivity contribution in [3.63, 3.8) is 0 Å². The highest BCUT2D eigenvalue weighted by Crippen LogP contribution is 2.25. The van der Waals surface area contributed by atoms with Gasteiger partial charge in [-0.2, -0.15) is 0 Å². The molecule has 0 aliphatic heterocycles. The molecule has 0 aromatic heterocycles. The summed E-state index contributed by atoms with van der Waals surface area (Å²) < 4.78 is 6.24. The number of carbonyl (C=O) groups excluding carboxylic acids is 1. The van der Waals surface area contributed by atoms with E-state index in [0.717, 1.165) is 16.3 Å².